The topological polar surface area (TPSA) is 93.1 Å². The van der Waals surface area contributed by atoms with Crippen LogP contribution in [0.5, 0.6) is 23.0 Å². The van der Waals surface area contributed by atoms with Crippen LogP contribution < -0.4 is 9.47 Å². The Kier molecular flexibility index (Phi) is 2.83. The molecule has 0 radical (unpaired) electrons. The molecule has 0 aliphatic carbocycles. The number of phenols is 2. The average Bonchev–Trinajstić information content (AvgIpc) is 2.90. The van der Waals surface area contributed by atoms with Crippen LogP contribution in [-0.4, -0.2) is 22.2 Å². The van der Waals surface area contributed by atoms with Gasteiger partial charge < -0.3 is 19.7 Å². The van der Waals surface area contributed by atoms with Gasteiger partial charge in [-0.2, -0.15) is 0 Å². The molecule has 0 amide bonds. The Balaban J connectivity index is 2.08. The second-order valence-corrected chi connectivity index (χ2v) is 6.84. The zero-order valence-electron chi connectivity index (χ0n) is 11.1. The molecule has 0 fully saturated rings. The normalized spacial score (nSPS) is 17.0. The average molecular weight is 442 g/mol. The Morgan fingerprint density at radius 3 is 1.57 bits per heavy atom. The highest BCUT2D eigenvalue weighted by molar-refractivity contribution is 9.10. The van der Waals surface area contributed by atoms with E-state index < -0.39 is 17.4 Å². The van der Waals surface area contributed by atoms with E-state index in [-0.39, 0.29) is 34.1 Å². The molecule has 2 aliphatic heterocycles. The van der Waals surface area contributed by atoms with Gasteiger partial charge in [0, 0.05) is 23.3 Å². The maximum atomic E-state index is 12.5. The standard InChI is InChI=1S/C15H6Br2O6/c16-7-1-5-11(3-9(7)18)22-13(20)15(5)6-2-8(17)10(19)4-12(6)23-14(15)21/h1-4,18-19H. The van der Waals surface area contributed by atoms with Crippen LogP contribution in [0.15, 0.2) is 33.2 Å². The van der Waals surface area contributed by atoms with Crippen molar-refractivity contribution in [2.24, 2.45) is 0 Å². The lowest BCUT2D eigenvalue weighted by molar-refractivity contribution is -0.147. The van der Waals surface area contributed by atoms with Crippen LogP contribution in [0.2, 0.25) is 0 Å². The highest BCUT2D eigenvalue weighted by Gasteiger charge is 2.63. The van der Waals surface area contributed by atoms with Crippen molar-refractivity contribution < 1.29 is 29.3 Å². The number of phenolic OH excluding ortho intramolecular Hbond substituents is 2. The molecular weight excluding hydrogens is 436 g/mol. The minimum absolute atomic E-state index is 0.0877. The molecule has 4 rings (SSSR count). The molecule has 2 heterocycles. The molecular formula is C15H6Br2O6. The monoisotopic (exact) mass is 440 g/mol. The van der Waals surface area contributed by atoms with Gasteiger partial charge in [0.05, 0.1) is 8.95 Å². The van der Waals surface area contributed by atoms with E-state index in [1.54, 1.807) is 0 Å². The Hall–Kier alpha value is -2.06. The minimum atomic E-state index is -1.77. The van der Waals surface area contributed by atoms with E-state index in [4.69, 9.17) is 9.47 Å². The van der Waals surface area contributed by atoms with Crippen molar-refractivity contribution in [3.05, 3.63) is 44.3 Å². The minimum Gasteiger partial charge on any atom is -0.507 e. The lowest BCUT2D eigenvalue weighted by Crippen LogP contribution is -2.41. The van der Waals surface area contributed by atoms with E-state index in [9.17, 15) is 19.8 Å². The van der Waals surface area contributed by atoms with E-state index in [1.807, 2.05) is 0 Å². The molecule has 116 valence electrons. The SMILES string of the molecule is O=C1Oc2cc(O)c(Br)cc2C12C(=O)Oc1cc(O)c(Br)cc12. The van der Waals surface area contributed by atoms with Crippen LogP contribution in [0.4, 0.5) is 0 Å². The van der Waals surface area contributed by atoms with Gasteiger partial charge in [0.1, 0.15) is 23.0 Å². The maximum absolute atomic E-state index is 12.5. The fraction of sp³-hybridized carbons (Fsp3) is 0.0667. The Morgan fingerprint density at radius 1 is 0.783 bits per heavy atom. The quantitative estimate of drug-likeness (QED) is 0.371. The summed E-state index contributed by atoms with van der Waals surface area (Å²) in [5.74, 6) is -1.69. The number of hydrogen-bond acceptors (Lipinski definition) is 6. The molecule has 0 saturated heterocycles. The summed E-state index contributed by atoms with van der Waals surface area (Å²) in [6.45, 7) is 0. The molecule has 6 nitrogen and oxygen atoms in total. The number of hydrogen-bond donors (Lipinski definition) is 2. The Labute approximate surface area is 145 Å². The number of carbonyl (C=O) groups excluding carboxylic acids is 2. The van der Waals surface area contributed by atoms with E-state index >= 15 is 0 Å². The van der Waals surface area contributed by atoms with Gasteiger partial charge in [0.2, 0.25) is 5.41 Å². The molecule has 2 aliphatic rings. The summed E-state index contributed by atoms with van der Waals surface area (Å²) in [6, 6.07) is 5.42. The van der Waals surface area contributed by atoms with Gasteiger partial charge in [-0.15, -0.1) is 0 Å². The smallest absolute Gasteiger partial charge is 0.338 e. The second kappa shape index (κ2) is 4.48. The number of fused-ring (bicyclic) bond motifs is 4. The Bertz CT molecular complexity index is 845. The first-order valence-electron chi connectivity index (χ1n) is 6.36. The first-order valence-corrected chi connectivity index (χ1v) is 7.95. The van der Waals surface area contributed by atoms with Gasteiger partial charge in [-0.05, 0) is 44.0 Å². The van der Waals surface area contributed by atoms with Gasteiger partial charge >= 0.3 is 11.9 Å². The molecule has 0 bridgehead atoms. The van der Waals surface area contributed by atoms with Crippen LogP contribution >= 0.6 is 31.9 Å². The summed E-state index contributed by atoms with van der Waals surface area (Å²) in [5.41, 5.74) is -1.22. The van der Waals surface area contributed by atoms with E-state index in [1.165, 1.54) is 24.3 Å². The van der Waals surface area contributed by atoms with Crippen LogP contribution in [0.1, 0.15) is 11.1 Å². The number of aromatic hydroxyl groups is 2. The van der Waals surface area contributed by atoms with Crippen molar-refractivity contribution in [3.63, 3.8) is 0 Å². The molecule has 8 heteroatoms. The molecule has 1 spiro atoms. The van der Waals surface area contributed by atoms with E-state index in [0.717, 1.165) is 0 Å². The van der Waals surface area contributed by atoms with E-state index in [2.05, 4.69) is 31.9 Å². The van der Waals surface area contributed by atoms with Crippen molar-refractivity contribution in [2.45, 2.75) is 5.41 Å². The van der Waals surface area contributed by atoms with Crippen LogP contribution in [0, 0.1) is 0 Å². The molecule has 0 saturated carbocycles. The fourth-order valence-electron chi connectivity index (χ4n) is 2.86. The first-order chi connectivity index (χ1) is 10.9. The third kappa shape index (κ3) is 1.67. The van der Waals surface area contributed by atoms with Crippen molar-refractivity contribution in [3.8, 4) is 23.0 Å². The summed E-state index contributed by atoms with van der Waals surface area (Å²) >= 11 is 6.33. The van der Waals surface area contributed by atoms with Gasteiger partial charge in [-0.3, -0.25) is 0 Å². The number of benzene rings is 2. The fourth-order valence-corrected chi connectivity index (χ4v) is 3.55. The van der Waals surface area contributed by atoms with Crippen molar-refractivity contribution >= 4 is 43.8 Å². The van der Waals surface area contributed by atoms with Gasteiger partial charge in [-0.25, -0.2) is 9.59 Å². The zero-order chi connectivity index (χ0) is 16.5. The van der Waals surface area contributed by atoms with Crippen molar-refractivity contribution in [1.29, 1.82) is 0 Å². The molecule has 2 N–H and O–H groups in total. The first kappa shape index (κ1) is 14.5. The van der Waals surface area contributed by atoms with E-state index in [0.29, 0.717) is 8.95 Å². The molecule has 0 unspecified atom stereocenters. The lowest BCUT2D eigenvalue weighted by Gasteiger charge is -2.16. The summed E-state index contributed by atoms with van der Waals surface area (Å²) < 4.78 is 11.0. The molecule has 2 aromatic rings. The zero-order valence-corrected chi connectivity index (χ0v) is 14.3. The summed E-state index contributed by atoms with van der Waals surface area (Å²) in [6.07, 6.45) is 0. The third-order valence-electron chi connectivity index (χ3n) is 3.92. The number of carbonyl (C=O) groups is 2. The third-order valence-corrected chi connectivity index (χ3v) is 5.19. The molecule has 23 heavy (non-hydrogen) atoms. The number of rotatable bonds is 0. The largest absolute Gasteiger partial charge is 0.507 e. The van der Waals surface area contributed by atoms with Gasteiger partial charge in [-0.1, -0.05) is 0 Å². The second-order valence-electron chi connectivity index (χ2n) is 5.13. The lowest BCUT2D eigenvalue weighted by atomic mass is 9.76. The molecule has 0 atom stereocenters. The predicted molar refractivity (Wildman–Crippen MR) is 83.7 cm³/mol. The maximum Gasteiger partial charge on any atom is 0.338 e. The summed E-state index contributed by atoms with van der Waals surface area (Å²) in [7, 11) is 0. The van der Waals surface area contributed by atoms with Crippen LogP contribution in [-0.2, 0) is 15.0 Å². The Morgan fingerprint density at radius 2 is 1.17 bits per heavy atom. The summed E-state index contributed by atoms with van der Waals surface area (Å²) in [4.78, 5) is 25.1. The number of esters is 2. The highest BCUT2D eigenvalue weighted by Crippen LogP contribution is 2.55. The van der Waals surface area contributed by atoms with Crippen molar-refractivity contribution in [1.82, 2.24) is 0 Å². The van der Waals surface area contributed by atoms with Crippen LogP contribution in [0.25, 0.3) is 0 Å². The number of ether oxygens (including phenoxy) is 2. The van der Waals surface area contributed by atoms with Crippen molar-refractivity contribution in [2.75, 3.05) is 0 Å². The van der Waals surface area contributed by atoms with Gasteiger partial charge in [0.25, 0.3) is 0 Å². The molecule has 2 aromatic carbocycles. The van der Waals surface area contributed by atoms with Gasteiger partial charge in [0.15, 0.2) is 0 Å². The molecule has 0 aromatic heterocycles. The predicted octanol–water partition coefficient (Wildman–Crippen LogP) is 2.75. The highest BCUT2D eigenvalue weighted by atomic mass is 79.9. The number of halogens is 2. The summed E-state index contributed by atoms with van der Waals surface area (Å²) in [5, 5.41) is 19.5. The van der Waals surface area contributed by atoms with Crippen LogP contribution in [0.3, 0.4) is 0 Å².